The molecule has 1 unspecified atom stereocenters. The zero-order valence-corrected chi connectivity index (χ0v) is 22.0. The first kappa shape index (κ1) is 28.8. The van der Waals surface area contributed by atoms with E-state index in [4.69, 9.17) is 8.92 Å². The Kier molecular flexibility index (Phi) is 21.6. The molecule has 0 aromatic heterocycles. The Hall–Kier alpha value is 0.750. The summed E-state index contributed by atoms with van der Waals surface area (Å²) < 4.78 is 12.8. The van der Waals surface area contributed by atoms with Gasteiger partial charge >= 0.3 is 0 Å². The van der Waals surface area contributed by atoms with Gasteiger partial charge in [-0.05, 0) is 50.4 Å². The molecule has 0 aliphatic heterocycles. The summed E-state index contributed by atoms with van der Waals surface area (Å²) in [6, 6.07) is 0. The Morgan fingerprint density at radius 1 is 0.679 bits per heavy atom. The predicted molar refractivity (Wildman–Crippen MR) is 134 cm³/mol. The number of ether oxygens (including phenoxy) is 1. The molecule has 0 spiro atoms. The van der Waals surface area contributed by atoms with Crippen molar-refractivity contribution in [2.45, 2.75) is 123 Å². The van der Waals surface area contributed by atoms with Crippen molar-refractivity contribution in [1.82, 2.24) is 0 Å². The van der Waals surface area contributed by atoms with Crippen LogP contribution >= 0.6 is 26.2 Å². The predicted octanol–water partition coefficient (Wildman–Crippen LogP) is 9.00. The summed E-state index contributed by atoms with van der Waals surface area (Å²) in [5, 5.41) is 1.10. The Bertz CT molecular complexity index is 313. The first-order valence-electron chi connectivity index (χ1n) is 12.1. The molecule has 28 heavy (non-hydrogen) atoms. The van der Waals surface area contributed by atoms with Gasteiger partial charge in [0.05, 0.1) is 0 Å². The number of unbranched alkanes of at least 4 members (excludes halogenated alkanes) is 12. The van der Waals surface area contributed by atoms with Crippen LogP contribution in [0.2, 0.25) is 0 Å². The highest BCUT2D eigenvalue weighted by atomic mass is 79.9. The fourth-order valence-electron chi connectivity index (χ4n) is 3.41. The minimum Gasteiger partial charge on any atom is -0.352 e. The molecule has 172 valence electrons. The van der Waals surface area contributed by atoms with E-state index in [1.807, 2.05) is 0 Å². The molecule has 0 N–H and O–H groups in total. The van der Waals surface area contributed by atoms with Crippen LogP contribution < -0.4 is 0 Å². The van der Waals surface area contributed by atoms with Gasteiger partial charge in [0.15, 0.2) is 6.29 Å². The highest BCUT2D eigenvalue weighted by Crippen LogP contribution is 2.44. The van der Waals surface area contributed by atoms with Crippen LogP contribution in [0.1, 0.15) is 117 Å². The molecule has 0 amide bonds. The van der Waals surface area contributed by atoms with Gasteiger partial charge in [0.2, 0.25) is 0 Å². The van der Waals surface area contributed by atoms with Crippen LogP contribution in [0.5, 0.6) is 0 Å². The zero-order chi connectivity index (χ0) is 20.9. The molecule has 0 rings (SSSR count). The third-order valence-electron chi connectivity index (χ3n) is 5.23. The average Bonchev–Trinajstić information content (AvgIpc) is 2.66. The molecule has 0 fully saturated rings. The number of hydrogen-bond donors (Lipinski definition) is 0. The molecule has 0 aliphatic carbocycles. The lowest BCUT2D eigenvalue weighted by Crippen LogP contribution is -2.21. The fourth-order valence-corrected chi connectivity index (χ4v) is 5.53. The maximum atomic E-state index is 6.54. The molecule has 0 aromatic carbocycles. The lowest BCUT2D eigenvalue weighted by molar-refractivity contribution is -0.0789. The normalized spacial score (nSPS) is 13.8. The molecular formula is C24H51BrO2S. The highest BCUT2D eigenvalue weighted by Gasteiger charge is 2.19. The second kappa shape index (κ2) is 21.0. The van der Waals surface area contributed by atoms with Crippen LogP contribution in [0.4, 0.5) is 0 Å². The minimum absolute atomic E-state index is 0.0102. The fraction of sp³-hybridized carbons (Fsp3) is 1.00. The van der Waals surface area contributed by atoms with E-state index in [1.165, 1.54) is 102 Å². The van der Waals surface area contributed by atoms with Crippen molar-refractivity contribution in [2.75, 3.05) is 30.2 Å². The van der Waals surface area contributed by atoms with Crippen molar-refractivity contribution in [2.24, 2.45) is 0 Å². The van der Waals surface area contributed by atoms with Crippen molar-refractivity contribution in [3.05, 3.63) is 0 Å². The SMILES string of the molecule is CCCCCCCCOC(CCCCCBr)OS(C)(C)CCCCCCCC. The highest BCUT2D eigenvalue weighted by molar-refractivity contribution is 9.09. The van der Waals surface area contributed by atoms with Gasteiger partial charge in [0.1, 0.15) is 0 Å². The molecule has 0 saturated carbocycles. The van der Waals surface area contributed by atoms with E-state index in [1.54, 1.807) is 0 Å². The molecule has 1 atom stereocenters. The zero-order valence-electron chi connectivity index (χ0n) is 19.6. The van der Waals surface area contributed by atoms with Gasteiger partial charge < -0.3 is 8.92 Å². The summed E-state index contributed by atoms with van der Waals surface area (Å²) in [5.74, 6) is 1.22. The minimum atomic E-state index is -1.01. The maximum Gasteiger partial charge on any atom is 0.168 e. The molecule has 0 aliphatic rings. The average molecular weight is 484 g/mol. The molecule has 0 heterocycles. The van der Waals surface area contributed by atoms with Crippen LogP contribution in [0, 0.1) is 0 Å². The molecule has 0 aromatic rings. The van der Waals surface area contributed by atoms with Crippen molar-refractivity contribution < 1.29 is 8.92 Å². The second-order valence-corrected chi connectivity index (χ2v) is 12.9. The topological polar surface area (TPSA) is 18.5 Å². The van der Waals surface area contributed by atoms with E-state index in [9.17, 15) is 0 Å². The Balaban J connectivity index is 4.13. The van der Waals surface area contributed by atoms with Crippen molar-refractivity contribution >= 4 is 26.2 Å². The van der Waals surface area contributed by atoms with E-state index < -0.39 is 10.3 Å². The van der Waals surface area contributed by atoms with E-state index in [-0.39, 0.29) is 6.29 Å². The molecular weight excluding hydrogens is 432 g/mol. The quantitative estimate of drug-likeness (QED) is 0.0869. The van der Waals surface area contributed by atoms with Crippen molar-refractivity contribution in [1.29, 1.82) is 0 Å². The summed E-state index contributed by atoms with van der Waals surface area (Å²) in [6.07, 6.45) is 25.5. The number of rotatable bonds is 22. The smallest absolute Gasteiger partial charge is 0.168 e. The van der Waals surface area contributed by atoms with Gasteiger partial charge in [-0.25, -0.2) is 0 Å². The Morgan fingerprint density at radius 3 is 1.82 bits per heavy atom. The van der Waals surface area contributed by atoms with Gasteiger partial charge in [-0.15, -0.1) is 10.3 Å². The number of hydrogen-bond acceptors (Lipinski definition) is 2. The van der Waals surface area contributed by atoms with Crippen molar-refractivity contribution in [3.8, 4) is 0 Å². The van der Waals surface area contributed by atoms with E-state index in [0.717, 1.165) is 18.4 Å². The monoisotopic (exact) mass is 482 g/mol. The summed E-state index contributed by atoms with van der Waals surface area (Å²) in [5.41, 5.74) is 0. The van der Waals surface area contributed by atoms with E-state index in [0.29, 0.717) is 0 Å². The molecule has 4 heteroatoms. The van der Waals surface area contributed by atoms with Crippen LogP contribution in [0.15, 0.2) is 0 Å². The first-order chi connectivity index (χ1) is 13.6. The van der Waals surface area contributed by atoms with E-state index >= 15 is 0 Å². The van der Waals surface area contributed by atoms with Gasteiger partial charge in [-0.2, -0.15) is 0 Å². The summed E-state index contributed by atoms with van der Waals surface area (Å²) in [4.78, 5) is 0. The summed E-state index contributed by atoms with van der Waals surface area (Å²) in [7, 11) is -1.01. The van der Waals surface area contributed by atoms with Crippen LogP contribution in [0.3, 0.4) is 0 Å². The Labute approximate surface area is 187 Å². The third kappa shape index (κ3) is 20.0. The standard InChI is InChI=1S/C24H51BrO2S/c1-5-7-9-11-13-18-22-26-24(20-16-15-17-21-25)27-28(3,4)23-19-14-12-10-8-6-2/h24H,5-23H2,1-4H3. The summed E-state index contributed by atoms with van der Waals surface area (Å²) in [6.45, 7) is 5.42. The lowest BCUT2D eigenvalue weighted by Gasteiger charge is -2.35. The van der Waals surface area contributed by atoms with Gasteiger partial charge in [-0.3, -0.25) is 0 Å². The molecule has 0 radical (unpaired) electrons. The van der Waals surface area contributed by atoms with Crippen LogP contribution in [0.25, 0.3) is 0 Å². The van der Waals surface area contributed by atoms with Crippen LogP contribution in [-0.4, -0.2) is 36.5 Å². The number of alkyl halides is 1. The maximum absolute atomic E-state index is 6.54. The Morgan fingerprint density at radius 2 is 1.21 bits per heavy atom. The third-order valence-corrected chi connectivity index (χ3v) is 7.80. The molecule has 0 bridgehead atoms. The van der Waals surface area contributed by atoms with Crippen LogP contribution in [-0.2, 0) is 8.92 Å². The van der Waals surface area contributed by atoms with E-state index in [2.05, 4.69) is 42.3 Å². The van der Waals surface area contributed by atoms with Gasteiger partial charge in [0, 0.05) is 11.9 Å². The number of halogens is 1. The molecule has 0 saturated heterocycles. The lowest BCUT2D eigenvalue weighted by atomic mass is 10.1. The van der Waals surface area contributed by atoms with Crippen molar-refractivity contribution in [3.63, 3.8) is 0 Å². The molecule has 2 nitrogen and oxygen atoms in total. The van der Waals surface area contributed by atoms with Gasteiger partial charge in [0.25, 0.3) is 0 Å². The summed E-state index contributed by atoms with van der Waals surface area (Å²) >= 11 is 3.53. The van der Waals surface area contributed by atoms with Gasteiger partial charge in [-0.1, -0.05) is 100 Å². The second-order valence-electron chi connectivity index (χ2n) is 8.61. The largest absolute Gasteiger partial charge is 0.352 e. The first-order valence-corrected chi connectivity index (χ1v) is 15.8.